The minimum Gasteiger partial charge on any atom is -0.379 e. The zero-order valence-corrected chi connectivity index (χ0v) is 13.5. The van der Waals surface area contributed by atoms with Gasteiger partial charge in [-0.15, -0.1) is 0 Å². The summed E-state index contributed by atoms with van der Waals surface area (Å²) in [7, 11) is 0. The van der Waals surface area contributed by atoms with E-state index >= 15 is 0 Å². The Hall–Kier alpha value is -1.14. The molecule has 2 aliphatic heterocycles. The van der Waals surface area contributed by atoms with Gasteiger partial charge in [-0.05, 0) is 25.7 Å². The molecular weight excluding hydrogens is 268 g/mol. The molecule has 21 heavy (non-hydrogen) atoms. The summed E-state index contributed by atoms with van der Waals surface area (Å²) in [6.07, 6.45) is 1.66. The lowest BCUT2D eigenvalue weighted by molar-refractivity contribution is -0.131. The molecule has 0 aromatic rings. The predicted octanol–water partition coefficient (Wildman–Crippen LogP) is 0.670. The fraction of sp³-hybridized carbons (Fsp3) is 0.867. The van der Waals surface area contributed by atoms with Gasteiger partial charge in [-0.2, -0.15) is 0 Å². The Balaban J connectivity index is 1.83. The third kappa shape index (κ3) is 3.95. The summed E-state index contributed by atoms with van der Waals surface area (Å²) in [5.74, 6) is 0.851. The fourth-order valence-electron chi connectivity index (χ4n) is 3.18. The summed E-state index contributed by atoms with van der Waals surface area (Å²) in [6.45, 7) is 11.3. The largest absolute Gasteiger partial charge is 0.379 e. The second-order valence-electron chi connectivity index (χ2n) is 6.61. The highest BCUT2D eigenvalue weighted by Gasteiger charge is 2.43. The van der Waals surface area contributed by atoms with Gasteiger partial charge in [-0.25, -0.2) is 4.99 Å². The van der Waals surface area contributed by atoms with Crippen LogP contribution >= 0.6 is 0 Å². The predicted molar refractivity (Wildman–Crippen MR) is 83.1 cm³/mol. The highest BCUT2D eigenvalue weighted by atomic mass is 16.5. The van der Waals surface area contributed by atoms with Crippen LogP contribution in [0.15, 0.2) is 4.99 Å². The molecule has 2 heterocycles. The SMILES string of the molecule is CC(C)CC1(C)N=C(N)N(CCCN2CCOCC2)C1=O. The molecule has 120 valence electrons. The van der Waals surface area contributed by atoms with Crippen LogP contribution in [0.3, 0.4) is 0 Å². The molecule has 2 aliphatic rings. The number of nitrogens with two attached hydrogens (primary N) is 1. The molecule has 6 nitrogen and oxygen atoms in total. The third-order valence-corrected chi connectivity index (χ3v) is 4.11. The van der Waals surface area contributed by atoms with E-state index in [-0.39, 0.29) is 5.91 Å². The first-order chi connectivity index (χ1) is 9.92. The van der Waals surface area contributed by atoms with Gasteiger partial charge in [-0.3, -0.25) is 14.6 Å². The van der Waals surface area contributed by atoms with Gasteiger partial charge in [0.1, 0.15) is 5.54 Å². The van der Waals surface area contributed by atoms with Crippen LogP contribution in [0, 0.1) is 5.92 Å². The van der Waals surface area contributed by atoms with Crippen molar-refractivity contribution >= 4 is 11.9 Å². The summed E-state index contributed by atoms with van der Waals surface area (Å²) in [6, 6.07) is 0. The van der Waals surface area contributed by atoms with Crippen LogP contribution in [-0.4, -0.2) is 66.6 Å². The van der Waals surface area contributed by atoms with E-state index in [9.17, 15) is 4.79 Å². The molecule has 2 N–H and O–H groups in total. The number of morpholine rings is 1. The minimum absolute atomic E-state index is 0.0516. The van der Waals surface area contributed by atoms with Crippen LogP contribution < -0.4 is 5.73 Å². The van der Waals surface area contributed by atoms with Crippen molar-refractivity contribution in [2.24, 2.45) is 16.6 Å². The highest BCUT2D eigenvalue weighted by Crippen LogP contribution is 2.28. The van der Waals surface area contributed by atoms with E-state index in [0.717, 1.165) is 45.7 Å². The fourth-order valence-corrected chi connectivity index (χ4v) is 3.18. The maximum Gasteiger partial charge on any atom is 0.257 e. The van der Waals surface area contributed by atoms with E-state index < -0.39 is 5.54 Å². The average Bonchev–Trinajstić information content (AvgIpc) is 2.62. The number of carbonyl (C=O) groups excluding carboxylic acids is 1. The number of ether oxygens (including phenoxy) is 1. The standard InChI is InChI=1S/C15H28N4O2/c1-12(2)11-15(3)13(20)19(14(16)17-15)6-4-5-18-7-9-21-10-8-18/h12H,4-11H2,1-3H3,(H2,16,17). The second-order valence-corrected chi connectivity index (χ2v) is 6.61. The van der Waals surface area contributed by atoms with Crippen LogP contribution in [0.2, 0.25) is 0 Å². The Kier molecular flexibility index (Phi) is 5.22. The molecule has 6 heteroatoms. The third-order valence-electron chi connectivity index (χ3n) is 4.11. The van der Waals surface area contributed by atoms with Crippen molar-refractivity contribution in [1.82, 2.24) is 9.80 Å². The molecule has 0 saturated carbocycles. The van der Waals surface area contributed by atoms with Crippen LogP contribution in [0.25, 0.3) is 0 Å². The molecule has 1 saturated heterocycles. The molecule has 2 rings (SSSR count). The van der Waals surface area contributed by atoms with Crippen molar-refractivity contribution in [2.75, 3.05) is 39.4 Å². The molecule has 0 spiro atoms. The molecule has 1 atom stereocenters. The number of hydrogen-bond donors (Lipinski definition) is 1. The Bertz CT molecular complexity index is 404. The van der Waals surface area contributed by atoms with Gasteiger partial charge in [0.15, 0.2) is 5.96 Å². The minimum atomic E-state index is -0.669. The summed E-state index contributed by atoms with van der Waals surface area (Å²) in [5.41, 5.74) is 5.29. The zero-order chi connectivity index (χ0) is 15.5. The first-order valence-electron chi connectivity index (χ1n) is 7.90. The Labute approximate surface area is 127 Å². The monoisotopic (exact) mass is 296 g/mol. The lowest BCUT2D eigenvalue weighted by atomic mass is 9.91. The molecule has 0 aliphatic carbocycles. The summed E-state index contributed by atoms with van der Waals surface area (Å²) in [4.78, 5) is 21.0. The van der Waals surface area contributed by atoms with E-state index in [2.05, 4.69) is 23.7 Å². The lowest BCUT2D eigenvalue weighted by Gasteiger charge is -2.28. The number of nitrogens with zero attached hydrogens (tertiary/aromatic N) is 3. The molecule has 0 aromatic heterocycles. The number of rotatable bonds is 6. The highest BCUT2D eigenvalue weighted by molar-refractivity contribution is 6.06. The van der Waals surface area contributed by atoms with E-state index in [1.807, 2.05) is 6.92 Å². The van der Waals surface area contributed by atoms with Gasteiger partial charge >= 0.3 is 0 Å². The molecule has 0 aromatic carbocycles. The number of carbonyl (C=O) groups is 1. The second kappa shape index (κ2) is 6.75. The lowest BCUT2D eigenvalue weighted by Crippen LogP contribution is -2.45. The van der Waals surface area contributed by atoms with Crippen molar-refractivity contribution in [2.45, 2.75) is 39.2 Å². The van der Waals surface area contributed by atoms with Crippen molar-refractivity contribution in [3.05, 3.63) is 0 Å². The summed E-state index contributed by atoms with van der Waals surface area (Å²) in [5, 5.41) is 0. The van der Waals surface area contributed by atoms with Gasteiger partial charge in [0.2, 0.25) is 0 Å². The molecule has 0 radical (unpaired) electrons. The summed E-state index contributed by atoms with van der Waals surface area (Å²) < 4.78 is 5.33. The molecule has 0 bridgehead atoms. The maximum absolute atomic E-state index is 12.6. The van der Waals surface area contributed by atoms with Crippen LogP contribution in [0.4, 0.5) is 0 Å². The molecular formula is C15H28N4O2. The Morgan fingerprint density at radius 3 is 2.62 bits per heavy atom. The van der Waals surface area contributed by atoms with E-state index in [4.69, 9.17) is 10.5 Å². The number of hydrogen-bond acceptors (Lipinski definition) is 5. The summed E-state index contributed by atoms with van der Waals surface area (Å²) >= 11 is 0. The van der Waals surface area contributed by atoms with Gasteiger partial charge < -0.3 is 10.5 Å². The Morgan fingerprint density at radius 1 is 1.33 bits per heavy atom. The number of guanidine groups is 1. The maximum atomic E-state index is 12.6. The van der Waals surface area contributed by atoms with Gasteiger partial charge in [0.05, 0.1) is 13.2 Å². The van der Waals surface area contributed by atoms with Gasteiger partial charge in [0, 0.05) is 26.2 Å². The van der Waals surface area contributed by atoms with Gasteiger partial charge in [-0.1, -0.05) is 13.8 Å². The quantitative estimate of drug-likeness (QED) is 0.782. The van der Waals surface area contributed by atoms with Crippen molar-refractivity contribution in [3.63, 3.8) is 0 Å². The van der Waals surface area contributed by atoms with Crippen LogP contribution in [0.5, 0.6) is 0 Å². The first kappa shape index (κ1) is 16.2. The van der Waals surface area contributed by atoms with E-state index in [0.29, 0.717) is 18.4 Å². The normalized spacial score (nSPS) is 27.5. The van der Waals surface area contributed by atoms with Gasteiger partial charge in [0.25, 0.3) is 5.91 Å². The van der Waals surface area contributed by atoms with E-state index in [1.165, 1.54) is 0 Å². The molecule has 1 unspecified atom stereocenters. The molecule has 1 fully saturated rings. The van der Waals surface area contributed by atoms with E-state index in [1.54, 1.807) is 4.90 Å². The zero-order valence-electron chi connectivity index (χ0n) is 13.5. The number of aliphatic imine (C=N–C) groups is 1. The number of amides is 1. The average molecular weight is 296 g/mol. The van der Waals surface area contributed by atoms with Crippen molar-refractivity contribution in [1.29, 1.82) is 0 Å². The topological polar surface area (TPSA) is 71.2 Å². The van der Waals surface area contributed by atoms with Crippen molar-refractivity contribution in [3.8, 4) is 0 Å². The smallest absolute Gasteiger partial charge is 0.257 e. The first-order valence-corrected chi connectivity index (χ1v) is 7.90. The van der Waals surface area contributed by atoms with Crippen molar-refractivity contribution < 1.29 is 9.53 Å². The Morgan fingerprint density at radius 2 is 2.00 bits per heavy atom. The van der Waals surface area contributed by atoms with Crippen LogP contribution in [0.1, 0.15) is 33.6 Å². The van der Waals surface area contributed by atoms with Crippen LogP contribution in [-0.2, 0) is 9.53 Å². The molecule has 1 amide bonds.